The van der Waals surface area contributed by atoms with E-state index in [1.54, 1.807) is 16.8 Å². The molecule has 0 aromatic carbocycles. The molecule has 1 amide bonds. The van der Waals surface area contributed by atoms with Gasteiger partial charge in [0.2, 0.25) is 0 Å². The summed E-state index contributed by atoms with van der Waals surface area (Å²) in [6.45, 7) is 2.04. The second-order valence-electron chi connectivity index (χ2n) is 5.83. The van der Waals surface area contributed by atoms with Crippen molar-refractivity contribution in [2.45, 2.75) is 44.9 Å². The lowest BCUT2D eigenvalue weighted by molar-refractivity contribution is 0.0978. The first-order valence-electron chi connectivity index (χ1n) is 7.71. The highest BCUT2D eigenvalue weighted by molar-refractivity contribution is 6.00. The van der Waals surface area contributed by atoms with Crippen LogP contribution in [0.3, 0.4) is 0 Å². The Morgan fingerprint density at radius 1 is 1.41 bits per heavy atom. The number of aromatic amines is 1. The number of hydrogen-bond acceptors (Lipinski definition) is 3. The van der Waals surface area contributed by atoms with E-state index in [0.29, 0.717) is 23.7 Å². The van der Waals surface area contributed by atoms with Crippen molar-refractivity contribution in [3.05, 3.63) is 35.3 Å². The molecule has 22 heavy (non-hydrogen) atoms. The van der Waals surface area contributed by atoms with Crippen molar-refractivity contribution >= 4 is 11.7 Å². The Morgan fingerprint density at radius 2 is 2.18 bits per heavy atom. The van der Waals surface area contributed by atoms with Gasteiger partial charge in [-0.05, 0) is 25.3 Å². The molecule has 0 atom stereocenters. The number of aromatic nitrogens is 3. The quantitative estimate of drug-likeness (QED) is 0.769. The maximum Gasteiger partial charge on any atom is 0.265 e. The van der Waals surface area contributed by atoms with Gasteiger partial charge >= 0.3 is 0 Å². The molecule has 1 aliphatic rings. The van der Waals surface area contributed by atoms with Gasteiger partial charge in [-0.1, -0.05) is 13.3 Å². The van der Waals surface area contributed by atoms with Crippen molar-refractivity contribution in [2.24, 2.45) is 5.73 Å². The average Bonchev–Trinajstić information content (AvgIpc) is 3.06. The van der Waals surface area contributed by atoms with Crippen LogP contribution >= 0.6 is 0 Å². The smallest absolute Gasteiger partial charge is 0.265 e. The number of ketones is 1. The fourth-order valence-electron chi connectivity index (χ4n) is 2.53. The van der Waals surface area contributed by atoms with E-state index in [-0.39, 0.29) is 11.5 Å². The Kier molecular flexibility index (Phi) is 3.83. The lowest BCUT2D eigenvalue weighted by Crippen LogP contribution is -2.15. The van der Waals surface area contributed by atoms with Crippen molar-refractivity contribution in [3.8, 4) is 5.82 Å². The molecular formula is C16H20N4O2. The molecule has 0 saturated heterocycles. The molecule has 1 saturated carbocycles. The van der Waals surface area contributed by atoms with Crippen LogP contribution in [0.25, 0.3) is 5.82 Å². The molecule has 6 nitrogen and oxygen atoms in total. The van der Waals surface area contributed by atoms with Gasteiger partial charge in [-0.2, -0.15) is 5.10 Å². The molecule has 0 radical (unpaired) electrons. The fraction of sp³-hybridized carbons (Fsp3) is 0.438. The molecule has 1 aliphatic carbocycles. The van der Waals surface area contributed by atoms with E-state index in [9.17, 15) is 9.59 Å². The predicted molar refractivity (Wildman–Crippen MR) is 82.3 cm³/mol. The third-order valence-electron chi connectivity index (χ3n) is 4.00. The minimum atomic E-state index is -0.564. The zero-order valence-electron chi connectivity index (χ0n) is 12.6. The highest BCUT2D eigenvalue weighted by Gasteiger charge is 2.26. The largest absolute Gasteiger partial charge is 0.364 e. The summed E-state index contributed by atoms with van der Waals surface area (Å²) in [5, 5.41) is 7.24. The van der Waals surface area contributed by atoms with E-state index in [4.69, 9.17) is 5.73 Å². The Morgan fingerprint density at radius 3 is 2.82 bits per heavy atom. The topological polar surface area (TPSA) is 93.8 Å². The fourth-order valence-corrected chi connectivity index (χ4v) is 2.53. The van der Waals surface area contributed by atoms with E-state index in [0.717, 1.165) is 31.4 Å². The van der Waals surface area contributed by atoms with Crippen LogP contribution in [-0.4, -0.2) is 26.5 Å². The average molecular weight is 300 g/mol. The molecule has 116 valence electrons. The molecule has 2 aromatic heterocycles. The summed E-state index contributed by atoms with van der Waals surface area (Å²) in [7, 11) is 0. The third-order valence-corrected chi connectivity index (χ3v) is 4.00. The highest BCUT2D eigenvalue weighted by atomic mass is 16.1. The van der Waals surface area contributed by atoms with E-state index >= 15 is 0 Å². The number of nitrogens with two attached hydrogens (primary N) is 1. The van der Waals surface area contributed by atoms with Crippen molar-refractivity contribution in [1.29, 1.82) is 0 Å². The van der Waals surface area contributed by atoms with Crippen LogP contribution in [0, 0.1) is 0 Å². The Balaban J connectivity index is 1.92. The summed E-state index contributed by atoms with van der Waals surface area (Å²) in [4.78, 5) is 23.8. The molecule has 2 aromatic rings. The lowest BCUT2D eigenvalue weighted by Gasteiger charge is -2.01. The van der Waals surface area contributed by atoms with Crippen LogP contribution in [-0.2, 0) is 0 Å². The predicted octanol–water partition coefficient (Wildman–Crippen LogP) is 2.55. The van der Waals surface area contributed by atoms with Gasteiger partial charge < -0.3 is 5.73 Å². The Labute approximate surface area is 128 Å². The van der Waals surface area contributed by atoms with Crippen LogP contribution in [0.4, 0.5) is 0 Å². The molecule has 1 fully saturated rings. The number of primary amides is 1. The number of carbonyl (C=O) groups is 2. The number of carbonyl (C=O) groups excluding carboxylic acids is 2. The number of nitrogens with one attached hydrogen (secondary N) is 1. The lowest BCUT2D eigenvalue weighted by atomic mass is 10.1. The van der Waals surface area contributed by atoms with Crippen molar-refractivity contribution in [1.82, 2.24) is 14.8 Å². The molecule has 3 rings (SSSR count). The first-order valence-corrected chi connectivity index (χ1v) is 7.71. The first kappa shape index (κ1) is 14.6. The molecule has 2 heterocycles. The van der Waals surface area contributed by atoms with Gasteiger partial charge in [0.05, 0.1) is 0 Å². The maximum atomic E-state index is 12.2. The minimum absolute atomic E-state index is 0.0288. The van der Waals surface area contributed by atoms with Crippen LogP contribution in [0.1, 0.15) is 71.5 Å². The Bertz CT molecular complexity index is 710. The zero-order valence-corrected chi connectivity index (χ0v) is 12.6. The number of amides is 1. The summed E-state index contributed by atoms with van der Waals surface area (Å²) >= 11 is 0. The van der Waals surface area contributed by atoms with Crippen molar-refractivity contribution in [2.75, 3.05) is 0 Å². The molecule has 0 spiro atoms. The van der Waals surface area contributed by atoms with Gasteiger partial charge in [-0.25, -0.2) is 0 Å². The molecule has 0 aliphatic heterocycles. The molecule has 6 heteroatoms. The summed E-state index contributed by atoms with van der Waals surface area (Å²) in [6.07, 6.45) is 6.26. The monoisotopic (exact) mass is 300 g/mol. The molecule has 0 unspecified atom stereocenters. The highest BCUT2D eigenvalue weighted by Crippen LogP contribution is 2.39. The van der Waals surface area contributed by atoms with Gasteiger partial charge in [0.15, 0.2) is 11.6 Å². The van der Waals surface area contributed by atoms with Gasteiger partial charge in [-0.3, -0.25) is 19.3 Å². The summed E-state index contributed by atoms with van der Waals surface area (Å²) < 4.78 is 1.60. The van der Waals surface area contributed by atoms with Crippen LogP contribution < -0.4 is 5.73 Å². The van der Waals surface area contributed by atoms with Crippen molar-refractivity contribution < 1.29 is 9.59 Å². The summed E-state index contributed by atoms with van der Waals surface area (Å²) in [6, 6.07) is 3.48. The number of hydrogen-bond donors (Lipinski definition) is 2. The third kappa shape index (κ3) is 2.81. The maximum absolute atomic E-state index is 12.2. The second kappa shape index (κ2) is 5.79. The number of Topliss-reactive ketones (excluding diaryl/α,β-unsaturated/α-hetero) is 1. The zero-order chi connectivity index (χ0) is 15.7. The van der Waals surface area contributed by atoms with Gasteiger partial charge in [0.1, 0.15) is 5.69 Å². The minimum Gasteiger partial charge on any atom is -0.364 e. The molecule has 3 N–H and O–H groups in total. The van der Waals surface area contributed by atoms with Crippen molar-refractivity contribution in [3.63, 3.8) is 0 Å². The summed E-state index contributed by atoms with van der Waals surface area (Å²) in [5.74, 6) is 0.608. The van der Waals surface area contributed by atoms with E-state index < -0.39 is 5.91 Å². The normalized spacial score (nSPS) is 14.2. The SMILES string of the molecule is CCCCC(=O)c1cc(C(N)=O)n(-c2cc(C3CC3)[nH]n2)c1. The van der Waals surface area contributed by atoms with Crippen LogP contribution in [0.5, 0.6) is 0 Å². The van der Waals surface area contributed by atoms with Gasteiger partial charge in [-0.15, -0.1) is 0 Å². The Hall–Kier alpha value is -2.37. The van der Waals surface area contributed by atoms with E-state index in [2.05, 4.69) is 10.2 Å². The first-order chi connectivity index (χ1) is 10.6. The number of unbranched alkanes of at least 4 members (excludes halogenated alkanes) is 1. The van der Waals surface area contributed by atoms with Crippen LogP contribution in [0.2, 0.25) is 0 Å². The van der Waals surface area contributed by atoms with Crippen LogP contribution in [0.15, 0.2) is 18.3 Å². The number of nitrogens with zero attached hydrogens (tertiary/aromatic N) is 2. The number of H-pyrrole nitrogens is 1. The number of rotatable bonds is 7. The molecule has 0 bridgehead atoms. The molecular weight excluding hydrogens is 280 g/mol. The van der Waals surface area contributed by atoms with E-state index in [1.807, 2.05) is 13.0 Å². The standard InChI is InChI=1S/C16H20N4O2/c1-2-3-4-14(21)11-7-13(16(17)22)20(9-11)15-8-12(18-19-15)10-5-6-10/h7-10H,2-6H2,1H3,(H2,17,22)(H,18,19). The van der Waals surface area contributed by atoms with Gasteiger partial charge in [0, 0.05) is 35.9 Å². The van der Waals surface area contributed by atoms with Gasteiger partial charge in [0.25, 0.3) is 5.91 Å². The second-order valence-corrected chi connectivity index (χ2v) is 5.83. The van der Waals surface area contributed by atoms with E-state index in [1.165, 1.54) is 0 Å². The summed E-state index contributed by atoms with van der Waals surface area (Å²) in [5.41, 5.74) is 7.30.